The van der Waals surface area contributed by atoms with Gasteiger partial charge < -0.3 is 9.47 Å². The Bertz CT molecular complexity index is 1230. The van der Waals surface area contributed by atoms with Gasteiger partial charge in [0.1, 0.15) is 6.61 Å². The molecule has 1 aliphatic rings. The minimum Gasteiger partial charge on any atom is -0.493 e. The molecule has 0 aromatic heterocycles. The first-order valence-corrected chi connectivity index (χ1v) is 11.7. The zero-order valence-electron chi connectivity index (χ0n) is 19.2. The van der Waals surface area contributed by atoms with Crippen LogP contribution in [0.4, 0.5) is 5.69 Å². The molecule has 0 saturated carbocycles. The molecule has 0 bridgehead atoms. The number of benzene rings is 3. The molecular weight excluding hydrogens is 444 g/mol. The van der Waals surface area contributed by atoms with Crippen molar-refractivity contribution in [2.24, 2.45) is 4.99 Å². The Morgan fingerprint density at radius 1 is 1.03 bits per heavy atom. The third-order valence-electron chi connectivity index (χ3n) is 5.19. The number of nitrogens with zero attached hydrogens (tertiary/aromatic N) is 2. The molecule has 3 aromatic rings. The number of carbonyl (C=O) groups is 1. The van der Waals surface area contributed by atoms with Crippen LogP contribution in [0.3, 0.4) is 0 Å². The third kappa shape index (κ3) is 5.41. The predicted octanol–water partition coefficient (Wildman–Crippen LogP) is 6.37. The molecule has 34 heavy (non-hydrogen) atoms. The average Bonchev–Trinajstić information content (AvgIpc) is 3.14. The van der Waals surface area contributed by atoms with Gasteiger partial charge in [0.25, 0.3) is 5.91 Å². The van der Waals surface area contributed by atoms with E-state index < -0.39 is 0 Å². The second-order valence-electron chi connectivity index (χ2n) is 7.70. The van der Waals surface area contributed by atoms with E-state index in [1.165, 1.54) is 11.8 Å². The summed E-state index contributed by atoms with van der Waals surface area (Å²) >= 11 is 1.36. The van der Waals surface area contributed by atoms with Crippen LogP contribution in [0.5, 0.6) is 11.5 Å². The van der Waals surface area contributed by atoms with E-state index in [2.05, 4.69) is 6.58 Å². The van der Waals surface area contributed by atoms with E-state index in [0.717, 1.165) is 22.4 Å². The molecule has 1 fully saturated rings. The zero-order valence-corrected chi connectivity index (χ0v) is 20.0. The molecule has 0 aliphatic carbocycles. The number of para-hydroxylation sites is 1. The van der Waals surface area contributed by atoms with Gasteiger partial charge in [-0.15, -0.1) is 0 Å². The number of hydrogen-bond acceptors (Lipinski definition) is 5. The summed E-state index contributed by atoms with van der Waals surface area (Å²) in [7, 11) is 1.59. The number of hydrogen-bond donors (Lipinski definition) is 0. The van der Waals surface area contributed by atoms with Crippen LogP contribution in [0.1, 0.15) is 16.7 Å². The Hall–Kier alpha value is -3.77. The summed E-state index contributed by atoms with van der Waals surface area (Å²) in [6.45, 7) is 6.52. The number of thioether (sulfide) groups is 1. The summed E-state index contributed by atoms with van der Waals surface area (Å²) in [5.74, 6) is 1.07. The fourth-order valence-corrected chi connectivity index (χ4v) is 4.46. The number of amides is 1. The second kappa shape index (κ2) is 10.9. The molecule has 0 radical (unpaired) electrons. The van der Waals surface area contributed by atoms with Crippen LogP contribution in [0, 0.1) is 6.92 Å². The molecule has 5 nitrogen and oxygen atoms in total. The van der Waals surface area contributed by atoms with Gasteiger partial charge in [0.15, 0.2) is 16.7 Å². The van der Waals surface area contributed by atoms with Crippen molar-refractivity contribution in [2.45, 2.75) is 13.5 Å². The van der Waals surface area contributed by atoms with Crippen LogP contribution in [-0.2, 0) is 11.3 Å². The maximum Gasteiger partial charge on any atom is 0.267 e. The highest BCUT2D eigenvalue weighted by atomic mass is 32.2. The van der Waals surface area contributed by atoms with E-state index in [9.17, 15) is 4.79 Å². The van der Waals surface area contributed by atoms with Gasteiger partial charge in [0.2, 0.25) is 0 Å². The van der Waals surface area contributed by atoms with Crippen LogP contribution in [0.25, 0.3) is 6.08 Å². The van der Waals surface area contributed by atoms with Crippen LogP contribution >= 0.6 is 11.8 Å². The highest BCUT2D eigenvalue weighted by molar-refractivity contribution is 8.18. The van der Waals surface area contributed by atoms with Crippen molar-refractivity contribution in [2.75, 3.05) is 13.7 Å². The van der Waals surface area contributed by atoms with Gasteiger partial charge in [-0.25, -0.2) is 4.99 Å². The monoisotopic (exact) mass is 470 g/mol. The lowest BCUT2D eigenvalue weighted by molar-refractivity contribution is -0.122. The fourth-order valence-electron chi connectivity index (χ4n) is 3.47. The lowest BCUT2D eigenvalue weighted by atomic mass is 10.1. The van der Waals surface area contributed by atoms with Crippen LogP contribution in [-0.4, -0.2) is 29.7 Å². The van der Waals surface area contributed by atoms with Crippen molar-refractivity contribution in [1.82, 2.24) is 4.90 Å². The van der Waals surface area contributed by atoms with Gasteiger partial charge in [0.05, 0.1) is 24.2 Å². The van der Waals surface area contributed by atoms with E-state index in [-0.39, 0.29) is 5.91 Å². The average molecular weight is 471 g/mol. The van der Waals surface area contributed by atoms with Crippen molar-refractivity contribution in [3.63, 3.8) is 0 Å². The van der Waals surface area contributed by atoms with Gasteiger partial charge in [-0.3, -0.25) is 9.69 Å². The van der Waals surface area contributed by atoms with Gasteiger partial charge in [-0.1, -0.05) is 72.8 Å². The van der Waals surface area contributed by atoms with Gasteiger partial charge >= 0.3 is 0 Å². The van der Waals surface area contributed by atoms with Crippen LogP contribution in [0.2, 0.25) is 0 Å². The Balaban J connectivity index is 1.73. The summed E-state index contributed by atoms with van der Waals surface area (Å²) < 4.78 is 11.3. The van der Waals surface area contributed by atoms with Crippen LogP contribution in [0.15, 0.2) is 95.3 Å². The molecular formula is C28H26N2O3S. The second-order valence-corrected chi connectivity index (χ2v) is 8.70. The van der Waals surface area contributed by atoms with Crippen molar-refractivity contribution in [1.29, 1.82) is 0 Å². The zero-order chi connectivity index (χ0) is 23.9. The summed E-state index contributed by atoms with van der Waals surface area (Å²) in [4.78, 5) is 20.6. The molecule has 172 valence electrons. The van der Waals surface area contributed by atoms with Gasteiger partial charge in [-0.2, -0.15) is 0 Å². The molecule has 4 rings (SSSR count). The number of aliphatic imine (C=N–C) groups is 1. The number of rotatable bonds is 8. The van der Waals surface area contributed by atoms with E-state index in [1.807, 2.05) is 85.8 Å². The molecule has 0 spiro atoms. The molecule has 6 heteroatoms. The topological polar surface area (TPSA) is 51.1 Å². The third-order valence-corrected chi connectivity index (χ3v) is 6.20. The Kier molecular flexibility index (Phi) is 7.50. The van der Waals surface area contributed by atoms with Crippen molar-refractivity contribution < 1.29 is 14.3 Å². The summed E-state index contributed by atoms with van der Waals surface area (Å²) in [6.07, 6.45) is 3.51. The highest BCUT2D eigenvalue weighted by Gasteiger charge is 2.34. The molecule has 0 unspecified atom stereocenters. The van der Waals surface area contributed by atoms with Crippen molar-refractivity contribution in [3.8, 4) is 11.5 Å². The summed E-state index contributed by atoms with van der Waals surface area (Å²) in [5.41, 5.74) is 3.75. The number of methoxy groups -OCH3 is 1. The molecule has 0 atom stereocenters. The molecule has 0 N–H and O–H groups in total. The van der Waals surface area contributed by atoms with E-state index >= 15 is 0 Å². The first-order chi connectivity index (χ1) is 16.6. The highest BCUT2D eigenvalue weighted by Crippen LogP contribution is 2.38. The Morgan fingerprint density at radius 2 is 1.79 bits per heavy atom. The maximum absolute atomic E-state index is 13.5. The predicted molar refractivity (Wildman–Crippen MR) is 140 cm³/mol. The number of ether oxygens (including phenoxy) is 2. The maximum atomic E-state index is 13.5. The Morgan fingerprint density at radius 3 is 2.50 bits per heavy atom. The molecule has 3 aromatic carbocycles. The first kappa shape index (κ1) is 23.4. The number of carbonyl (C=O) groups excluding carboxylic acids is 1. The molecule has 1 saturated heterocycles. The number of aryl methyl sites for hydroxylation is 1. The summed E-state index contributed by atoms with van der Waals surface area (Å²) in [6, 6.07) is 23.5. The minimum atomic E-state index is -0.0998. The SMILES string of the molecule is C=CCOc1c(/C=C2/SC(=Nc3ccc(C)cc3)N(Cc3ccccc3)C2=O)cccc1OC. The quantitative estimate of drug-likeness (QED) is 0.283. The molecule has 1 amide bonds. The lowest BCUT2D eigenvalue weighted by Crippen LogP contribution is -2.28. The Labute approximate surface area is 204 Å². The largest absolute Gasteiger partial charge is 0.493 e. The van der Waals surface area contributed by atoms with Gasteiger partial charge in [0, 0.05) is 5.56 Å². The van der Waals surface area contributed by atoms with E-state index in [0.29, 0.717) is 34.7 Å². The normalized spacial score (nSPS) is 15.7. The number of amidine groups is 1. The van der Waals surface area contributed by atoms with Crippen LogP contribution < -0.4 is 9.47 Å². The fraction of sp³-hybridized carbons (Fsp3) is 0.143. The minimum absolute atomic E-state index is 0.0998. The van der Waals surface area contributed by atoms with Crippen molar-refractivity contribution in [3.05, 3.63) is 107 Å². The smallest absolute Gasteiger partial charge is 0.267 e. The summed E-state index contributed by atoms with van der Waals surface area (Å²) in [5, 5.41) is 0.639. The van der Waals surface area contributed by atoms with Gasteiger partial charge in [-0.05, 0) is 48.5 Å². The van der Waals surface area contributed by atoms with E-state index in [4.69, 9.17) is 14.5 Å². The van der Waals surface area contributed by atoms with E-state index in [1.54, 1.807) is 18.1 Å². The molecule has 1 aliphatic heterocycles. The standard InChI is InChI=1S/C28H26N2O3S/c1-4-17-33-26-22(11-8-12-24(26)32-3)18-25-27(31)30(19-21-9-6-5-7-10-21)28(34-25)29-23-15-13-20(2)14-16-23/h4-16,18H,1,17,19H2,2-3H3/b25-18+,29-28?. The lowest BCUT2D eigenvalue weighted by Gasteiger charge is -2.15. The molecule has 1 heterocycles. The van der Waals surface area contributed by atoms with Crippen molar-refractivity contribution >= 4 is 34.6 Å². The first-order valence-electron chi connectivity index (χ1n) is 10.9.